The van der Waals surface area contributed by atoms with Crippen molar-refractivity contribution in [3.8, 4) is 0 Å². The SMILES string of the molecule is C[C@@]1(c2cccs2)NC(=O)N(Cc2cccc(F)c2F)C1=O. The average molecular weight is 322 g/mol. The number of nitrogens with one attached hydrogen (secondary N) is 1. The molecule has 0 saturated carbocycles. The molecule has 2 heterocycles. The number of hydrogen-bond donors (Lipinski definition) is 1. The first-order valence-corrected chi connectivity index (χ1v) is 7.42. The van der Waals surface area contributed by atoms with Crippen LogP contribution in [0.2, 0.25) is 0 Å². The second kappa shape index (κ2) is 5.17. The van der Waals surface area contributed by atoms with Crippen molar-refractivity contribution < 1.29 is 18.4 Å². The molecular weight excluding hydrogens is 310 g/mol. The van der Waals surface area contributed by atoms with E-state index in [2.05, 4.69) is 5.32 Å². The Morgan fingerprint density at radius 2 is 2.00 bits per heavy atom. The summed E-state index contributed by atoms with van der Waals surface area (Å²) in [6, 6.07) is 6.57. The average Bonchev–Trinajstić information content (AvgIpc) is 3.08. The lowest BCUT2D eigenvalue weighted by molar-refractivity contribution is -0.131. The van der Waals surface area contributed by atoms with Crippen molar-refractivity contribution in [2.75, 3.05) is 0 Å². The highest BCUT2D eigenvalue weighted by Crippen LogP contribution is 2.32. The molecule has 0 radical (unpaired) electrons. The molecule has 0 unspecified atom stereocenters. The molecule has 0 spiro atoms. The Kier molecular flexibility index (Phi) is 3.44. The molecule has 0 bridgehead atoms. The van der Waals surface area contributed by atoms with Crippen molar-refractivity contribution in [1.29, 1.82) is 0 Å². The van der Waals surface area contributed by atoms with Crippen LogP contribution in [0, 0.1) is 11.6 Å². The van der Waals surface area contributed by atoms with Crippen LogP contribution in [0.3, 0.4) is 0 Å². The number of thiophene rings is 1. The molecule has 1 aromatic heterocycles. The summed E-state index contributed by atoms with van der Waals surface area (Å²) < 4.78 is 27.0. The third-order valence-corrected chi connectivity index (χ3v) is 4.74. The number of halogens is 2. The van der Waals surface area contributed by atoms with E-state index in [1.165, 1.54) is 23.5 Å². The number of urea groups is 1. The van der Waals surface area contributed by atoms with Crippen LogP contribution in [0.25, 0.3) is 0 Å². The fraction of sp³-hybridized carbons (Fsp3) is 0.200. The second-order valence-corrected chi connectivity index (χ2v) is 6.08. The zero-order chi connectivity index (χ0) is 15.9. The molecule has 1 aromatic carbocycles. The van der Waals surface area contributed by atoms with E-state index in [0.29, 0.717) is 4.88 Å². The minimum atomic E-state index is -1.17. The standard InChI is InChI=1S/C15H12F2N2O2S/c1-15(11-6-3-7-22-11)13(20)19(14(21)18-15)8-9-4-2-5-10(16)12(9)17/h2-7H,8H2,1H3,(H,18,21)/t15-/m0/s1. The maximum absolute atomic E-state index is 13.7. The molecule has 1 atom stereocenters. The van der Waals surface area contributed by atoms with E-state index >= 15 is 0 Å². The molecule has 3 amide bonds. The minimum absolute atomic E-state index is 0.0427. The van der Waals surface area contributed by atoms with Gasteiger partial charge in [0, 0.05) is 10.4 Å². The van der Waals surface area contributed by atoms with Crippen molar-refractivity contribution in [1.82, 2.24) is 10.2 Å². The fourth-order valence-electron chi connectivity index (χ4n) is 2.41. The molecule has 1 saturated heterocycles. The van der Waals surface area contributed by atoms with Crippen LogP contribution >= 0.6 is 11.3 Å². The lowest BCUT2D eigenvalue weighted by Crippen LogP contribution is -2.40. The fourth-order valence-corrected chi connectivity index (χ4v) is 3.25. The van der Waals surface area contributed by atoms with Gasteiger partial charge in [0.2, 0.25) is 0 Å². The van der Waals surface area contributed by atoms with Crippen molar-refractivity contribution in [2.24, 2.45) is 0 Å². The molecule has 3 rings (SSSR count). The van der Waals surface area contributed by atoms with Gasteiger partial charge in [-0.3, -0.25) is 9.69 Å². The number of carbonyl (C=O) groups is 2. The Bertz CT molecular complexity index is 748. The summed E-state index contributed by atoms with van der Waals surface area (Å²) in [6.07, 6.45) is 0. The van der Waals surface area contributed by atoms with Crippen molar-refractivity contribution in [2.45, 2.75) is 19.0 Å². The third kappa shape index (κ3) is 2.18. The molecule has 114 valence electrons. The third-order valence-electron chi connectivity index (χ3n) is 3.65. The Morgan fingerprint density at radius 1 is 1.23 bits per heavy atom. The van der Waals surface area contributed by atoms with Gasteiger partial charge in [-0.05, 0) is 24.4 Å². The van der Waals surface area contributed by atoms with E-state index in [1.807, 2.05) is 0 Å². The summed E-state index contributed by atoms with van der Waals surface area (Å²) in [5, 5.41) is 4.42. The van der Waals surface area contributed by atoms with E-state index in [0.717, 1.165) is 11.0 Å². The second-order valence-electron chi connectivity index (χ2n) is 5.14. The van der Waals surface area contributed by atoms with Crippen LogP contribution in [0.1, 0.15) is 17.4 Å². The van der Waals surface area contributed by atoms with Gasteiger partial charge in [-0.1, -0.05) is 18.2 Å². The quantitative estimate of drug-likeness (QED) is 0.883. The van der Waals surface area contributed by atoms with Crippen molar-refractivity contribution in [3.05, 3.63) is 57.8 Å². The number of benzene rings is 1. The summed E-state index contributed by atoms with van der Waals surface area (Å²) >= 11 is 1.34. The van der Waals surface area contributed by atoms with E-state index < -0.39 is 29.1 Å². The van der Waals surface area contributed by atoms with Gasteiger partial charge in [-0.2, -0.15) is 0 Å². The van der Waals surface area contributed by atoms with Crippen molar-refractivity contribution >= 4 is 23.3 Å². The molecule has 1 aliphatic rings. The number of hydrogen-bond acceptors (Lipinski definition) is 3. The smallest absolute Gasteiger partial charge is 0.319 e. The molecule has 1 aliphatic heterocycles. The predicted molar refractivity (Wildman–Crippen MR) is 77.1 cm³/mol. The Labute approximate surface area is 129 Å². The minimum Gasteiger partial charge on any atom is -0.319 e. The van der Waals surface area contributed by atoms with E-state index in [1.54, 1.807) is 24.4 Å². The normalized spacial score (nSPS) is 21.3. The van der Waals surface area contributed by atoms with Gasteiger partial charge in [0.1, 0.15) is 0 Å². The summed E-state index contributed by atoms with van der Waals surface area (Å²) in [6.45, 7) is 1.29. The van der Waals surface area contributed by atoms with Crippen LogP contribution in [-0.2, 0) is 16.9 Å². The molecule has 0 aliphatic carbocycles. The molecular formula is C15H12F2N2O2S. The lowest BCUT2D eigenvalue weighted by atomic mass is 10.0. The Morgan fingerprint density at radius 3 is 2.68 bits per heavy atom. The van der Waals surface area contributed by atoms with E-state index in [-0.39, 0.29) is 12.1 Å². The molecule has 2 aromatic rings. The molecule has 7 heteroatoms. The predicted octanol–water partition coefficient (Wildman–Crippen LogP) is 2.99. The highest BCUT2D eigenvalue weighted by molar-refractivity contribution is 7.10. The molecule has 1 N–H and O–H groups in total. The number of rotatable bonds is 3. The topological polar surface area (TPSA) is 49.4 Å². The van der Waals surface area contributed by atoms with Gasteiger partial charge >= 0.3 is 6.03 Å². The van der Waals surface area contributed by atoms with Gasteiger partial charge in [-0.15, -0.1) is 11.3 Å². The molecule has 4 nitrogen and oxygen atoms in total. The first-order chi connectivity index (χ1) is 10.4. The number of amides is 3. The number of nitrogens with zero attached hydrogens (tertiary/aromatic N) is 1. The van der Waals surface area contributed by atoms with Gasteiger partial charge < -0.3 is 5.32 Å². The highest BCUT2D eigenvalue weighted by atomic mass is 32.1. The largest absolute Gasteiger partial charge is 0.325 e. The molecule has 1 fully saturated rings. The van der Waals surface area contributed by atoms with Crippen LogP contribution in [0.4, 0.5) is 13.6 Å². The van der Waals surface area contributed by atoms with Crippen molar-refractivity contribution in [3.63, 3.8) is 0 Å². The monoisotopic (exact) mass is 322 g/mol. The van der Waals surface area contributed by atoms with E-state index in [4.69, 9.17) is 0 Å². The maximum Gasteiger partial charge on any atom is 0.325 e. The van der Waals surface area contributed by atoms with Crippen LogP contribution in [-0.4, -0.2) is 16.8 Å². The van der Waals surface area contributed by atoms with Crippen LogP contribution < -0.4 is 5.32 Å². The van der Waals surface area contributed by atoms with E-state index in [9.17, 15) is 18.4 Å². The lowest BCUT2D eigenvalue weighted by Gasteiger charge is -2.20. The first-order valence-electron chi connectivity index (χ1n) is 6.54. The van der Waals surface area contributed by atoms with Gasteiger partial charge in [0.05, 0.1) is 6.54 Å². The summed E-state index contributed by atoms with van der Waals surface area (Å²) in [4.78, 5) is 26.2. The van der Waals surface area contributed by atoms with Gasteiger partial charge in [0.25, 0.3) is 5.91 Å². The van der Waals surface area contributed by atoms with Gasteiger partial charge in [0.15, 0.2) is 17.2 Å². The number of carbonyl (C=O) groups excluding carboxylic acids is 2. The Hall–Kier alpha value is -2.28. The maximum atomic E-state index is 13.7. The molecule has 22 heavy (non-hydrogen) atoms. The Balaban J connectivity index is 1.91. The summed E-state index contributed by atoms with van der Waals surface area (Å²) in [7, 11) is 0. The highest BCUT2D eigenvalue weighted by Gasteiger charge is 2.49. The summed E-state index contributed by atoms with van der Waals surface area (Å²) in [5.74, 6) is -2.54. The number of imide groups is 1. The van der Waals surface area contributed by atoms with Crippen LogP contribution in [0.15, 0.2) is 35.7 Å². The van der Waals surface area contributed by atoms with Gasteiger partial charge in [-0.25, -0.2) is 13.6 Å². The zero-order valence-corrected chi connectivity index (χ0v) is 12.4. The summed E-state index contributed by atoms with van der Waals surface area (Å²) in [5.41, 5.74) is -1.21. The first kappa shape index (κ1) is 14.6. The zero-order valence-electron chi connectivity index (χ0n) is 11.6. The van der Waals surface area contributed by atoms with Crippen LogP contribution in [0.5, 0.6) is 0 Å².